The van der Waals surface area contributed by atoms with Crippen LogP contribution in [0.15, 0.2) is 170 Å². The van der Waals surface area contributed by atoms with Crippen LogP contribution in [0.4, 0.5) is 34.1 Å². The van der Waals surface area contributed by atoms with Gasteiger partial charge < -0.3 is 14.3 Å². The summed E-state index contributed by atoms with van der Waals surface area (Å²) in [5.74, 6) is 0. The molecule has 2 aliphatic heterocycles. The van der Waals surface area contributed by atoms with E-state index in [1.54, 1.807) is 0 Å². The first-order valence-electron chi connectivity index (χ1n) is 23.4. The first kappa shape index (κ1) is 39.1. The Bertz CT molecular complexity index is 3350. The molecule has 12 rings (SSSR count). The highest BCUT2D eigenvalue weighted by atomic mass is 15.2. The number of unbranched alkanes of at least 4 members (excludes halogenated alkanes) is 1. The van der Waals surface area contributed by atoms with Gasteiger partial charge in [-0.05, 0) is 169 Å². The van der Waals surface area contributed by atoms with E-state index in [9.17, 15) is 0 Å². The monoisotopic (exact) mass is 835 g/mol. The van der Waals surface area contributed by atoms with Crippen LogP contribution in [0.2, 0.25) is 0 Å². The number of fused-ring (bicyclic) bond motifs is 7. The number of nitrogens with zero attached hydrogens (tertiary/aromatic N) is 3. The van der Waals surface area contributed by atoms with Crippen LogP contribution in [0.1, 0.15) is 60.4 Å². The van der Waals surface area contributed by atoms with E-state index in [4.69, 9.17) is 0 Å². The number of para-hydroxylation sites is 4. The topological polar surface area (TPSA) is 11.4 Å². The Morgan fingerprint density at radius 1 is 0.662 bits per heavy atom. The van der Waals surface area contributed by atoms with Gasteiger partial charge in [0.25, 0.3) is 0 Å². The second-order valence-corrected chi connectivity index (χ2v) is 18.3. The van der Waals surface area contributed by atoms with Gasteiger partial charge in [-0.3, -0.25) is 0 Å². The van der Waals surface area contributed by atoms with Gasteiger partial charge in [-0.25, -0.2) is 0 Å². The Morgan fingerprint density at radius 3 is 2.14 bits per heavy atom. The zero-order valence-corrected chi connectivity index (χ0v) is 37.6. The van der Waals surface area contributed by atoms with Gasteiger partial charge in [0.1, 0.15) is 0 Å². The van der Waals surface area contributed by atoms with Crippen LogP contribution in [0, 0.1) is 32.9 Å². The average Bonchev–Trinajstić information content (AvgIpc) is 3.67. The lowest BCUT2D eigenvalue weighted by atomic mass is 9.45. The molecule has 0 atom stereocenters. The van der Waals surface area contributed by atoms with Gasteiger partial charge in [-0.2, -0.15) is 0 Å². The van der Waals surface area contributed by atoms with Crippen molar-refractivity contribution in [1.29, 1.82) is 0 Å². The third-order valence-corrected chi connectivity index (χ3v) is 14.1. The van der Waals surface area contributed by atoms with Gasteiger partial charge in [0, 0.05) is 50.0 Å². The molecule has 65 heavy (non-hydrogen) atoms. The van der Waals surface area contributed by atoms with E-state index in [1.165, 1.54) is 113 Å². The van der Waals surface area contributed by atoms with Crippen molar-refractivity contribution in [2.45, 2.75) is 59.8 Å². The Morgan fingerprint density at radius 2 is 1.40 bits per heavy atom. The molecule has 1 aliphatic carbocycles. The van der Waals surface area contributed by atoms with E-state index < -0.39 is 0 Å². The number of aromatic nitrogens is 1. The number of anilines is 6. The Balaban J connectivity index is 1.22. The van der Waals surface area contributed by atoms with Crippen molar-refractivity contribution in [3.05, 3.63) is 210 Å². The maximum Gasteiger partial charge on any atom is 0.333 e. The van der Waals surface area contributed by atoms with Gasteiger partial charge in [0.2, 0.25) is 0 Å². The molecule has 0 bridgehead atoms. The smallest absolute Gasteiger partial charge is 0.333 e. The fourth-order valence-corrected chi connectivity index (χ4v) is 11.4. The van der Waals surface area contributed by atoms with E-state index in [0.717, 1.165) is 42.0 Å². The molecule has 9 aromatic rings. The minimum absolute atomic E-state index is 0.139. The van der Waals surface area contributed by atoms with Crippen molar-refractivity contribution in [1.82, 2.24) is 4.48 Å². The lowest BCUT2D eigenvalue weighted by Crippen LogP contribution is -2.56. The van der Waals surface area contributed by atoms with Gasteiger partial charge >= 0.3 is 6.85 Å². The van der Waals surface area contributed by atoms with Gasteiger partial charge in [0.15, 0.2) is 0 Å². The number of rotatable bonds is 9. The van der Waals surface area contributed by atoms with E-state index in [2.05, 4.69) is 224 Å². The molecule has 0 saturated heterocycles. The Labute approximate surface area is 383 Å². The third-order valence-electron chi connectivity index (χ3n) is 14.1. The van der Waals surface area contributed by atoms with Crippen LogP contribution in [0.25, 0.3) is 49.6 Å². The standard InChI is InChI=1S/C61H50BN3/c1-5-6-19-43-30-32-55(52(36-43)44-20-10-7-11-21-44)64-57-33-31-48(63(46-22-12-8-13-23-46)47-24-14-9-15-25-47)39-54(57)62-60-53(37-45(38-58(60)64)59-41(3)34-40(2)35-42(59)4)51-28-18-27-50-49-26-16-17-29-56(49)65(62)61(50)51/h7-10,12-18,20,22-30,32,34-39H,5-6,11,19,21H2,1-4H3. The number of allylic oxidation sites excluding steroid dienone is 4. The second kappa shape index (κ2) is 15.6. The molecule has 0 N–H and O–H groups in total. The van der Waals surface area contributed by atoms with E-state index in [1.807, 2.05) is 0 Å². The lowest BCUT2D eigenvalue weighted by molar-refractivity contribution is 0.795. The molecule has 312 valence electrons. The largest absolute Gasteiger partial charge is 0.375 e. The minimum Gasteiger partial charge on any atom is -0.375 e. The fraction of sp³-hybridized carbons (Fsp3) is 0.148. The molecule has 3 heterocycles. The molecule has 0 amide bonds. The van der Waals surface area contributed by atoms with Gasteiger partial charge in [-0.1, -0.05) is 128 Å². The number of hydrogen-bond donors (Lipinski definition) is 0. The zero-order chi connectivity index (χ0) is 43.8. The van der Waals surface area contributed by atoms with Crippen LogP contribution in [0.5, 0.6) is 0 Å². The first-order chi connectivity index (χ1) is 32.0. The van der Waals surface area contributed by atoms with Gasteiger partial charge in [0.05, 0.1) is 17.1 Å². The highest BCUT2D eigenvalue weighted by Crippen LogP contribution is 2.49. The molecule has 3 nitrogen and oxygen atoms in total. The highest BCUT2D eigenvalue weighted by molar-refractivity contribution is 6.90. The SMILES string of the molecule is CCCCc1ccc(N2c3c#cc(N(c4ccccc4)c4ccccc4)cc3B3c4c(cc(-c5c(C)cc(C)cc5C)cc42)-c2cccc4c5ccccc5n3c24)c(C2=CC=CCC2)c1. The maximum atomic E-state index is 3.95. The minimum atomic E-state index is -0.139. The first-order valence-corrected chi connectivity index (χ1v) is 23.4. The molecular formula is C61H50BN3. The summed E-state index contributed by atoms with van der Waals surface area (Å²) in [6, 6.07) is 64.5. The number of benzene rings is 7. The number of hydrogen-bond acceptors (Lipinski definition) is 2. The molecule has 0 radical (unpaired) electrons. The van der Waals surface area contributed by atoms with Crippen molar-refractivity contribution >= 4 is 79.3 Å². The van der Waals surface area contributed by atoms with Crippen molar-refractivity contribution in [3.8, 4) is 22.3 Å². The summed E-state index contributed by atoms with van der Waals surface area (Å²) in [6.07, 6.45) is 12.3. The van der Waals surface area contributed by atoms with Crippen LogP contribution in [-0.2, 0) is 6.42 Å². The summed E-state index contributed by atoms with van der Waals surface area (Å²) in [7, 11) is 0. The molecule has 0 spiro atoms. The average molecular weight is 836 g/mol. The van der Waals surface area contributed by atoms with Crippen molar-refractivity contribution in [2.75, 3.05) is 9.80 Å². The predicted molar refractivity (Wildman–Crippen MR) is 277 cm³/mol. The van der Waals surface area contributed by atoms with E-state index in [-0.39, 0.29) is 6.85 Å². The molecule has 0 unspecified atom stereocenters. The Hall–Kier alpha value is -7.48. The summed E-state index contributed by atoms with van der Waals surface area (Å²) >= 11 is 0. The van der Waals surface area contributed by atoms with Crippen LogP contribution in [-0.4, -0.2) is 11.3 Å². The summed E-state index contributed by atoms with van der Waals surface area (Å²) in [6.45, 7) is 8.91. The highest BCUT2D eigenvalue weighted by Gasteiger charge is 2.44. The molecule has 4 heteroatoms. The van der Waals surface area contributed by atoms with E-state index >= 15 is 0 Å². The molecule has 1 aromatic heterocycles. The maximum absolute atomic E-state index is 3.95. The molecule has 8 aromatic carbocycles. The van der Waals surface area contributed by atoms with Crippen LogP contribution >= 0.6 is 0 Å². The molecule has 3 aliphatic rings. The summed E-state index contributed by atoms with van der Waals surface area (Å²) in [5, 5.41) is 2.56. The molecule has 0 saturated carbocycles. The Kier molecular flexibility index (Phi) is 9.42. The van der Waals surface area contributed by atoms with Crippen molar-refractivity contribution in [2.24, 2.45) is 0 Å². The second-order valence-electron chi connectivity index (χ2n) is 18.3. The van der Waals surface area contributed by atoms with Crippen LogP contribution < -0.4 is 20.7 Å². The summed E-state index contributed by atoms with van der Waals surface area (Å²) in [4.78, 5) is 4.90. The normalized spacial score (nSPS) is 13.4. The van der Waals surface area contributed by atoms with Crippen LogP contribution in [0.3, 0.4) is 0 Å². The summed E-state index contributed by atoms with van der Waals surface area (Å²) in [5.41, 5.74) is 24.6. The van der Waals surface area contributed by atoms with Crippen molar-refractivity contribution < 1.29 is 0 Å². The third kappa shape index (κ3) is 6.28. The quantitative estimate of drug-likeness (QED) is 0.134. The van der Waals surface area contributed by atoms with E-state index in [0.29, 0.717) is 0 Å². The summed E-state index contributed by atoms with van der Waals surface area (Å²) < 4.78 is 2.65. The lowest BCUT2D eigenvalue weighted by Gasteiger charge is -2.41. The van der Waals surface area contributed by atoms with Gasteiger partial charge in [-0.15, -0.1) is 0 Å². The number of aryl methyl sites for hydroxylation is 4. The fourth-order valence-electron chi connectivity index (χ4n) is 11.4. The predicted octanol–water partition coefficient (Wildman–Crippen LogP) is 15.0. The molecular weight excluding hydrogens is 786 g/mol. The molecule has 0 fully saturated rings. The zero-order valence-electron chi connectivity index (χ0n) is 37.6. The van der Waals surface area contributed by atoms with Crippen molar-refractivity contribution in [3.63, 3.8) is 0 Å².